The first-order chi connectivity index (χ1) is 7.15. The fourth-order valence-corrected chi connectivity index (χ4v) is 1.21. The summed E-state index contributed by atoms with van der Waals surface area (Å²) in [5, 5.41) is 10.3. The molecule has 0 fully saturated rings. The number of thioether (sulfide) groups is 1. The summed E-state index contributed by atoms with van der Waals surface area (Å²) in [6, 6.07) is 0.241. The lowest BCUT2D eigenvalue weighted by Crippen LogP contribution is -2.13. The predicted molar refractivity (Wildman–Crippen MR) is 59.1 cm³/mol. The Labute approximate surface area is 92.0 Å². The van der Waals surface area contributed by atoms with E-state index in [4.69, 9.17) is 5.84 Å². The summed E-state index contributed by atoms with van der Waals surface area (Å²) in [6.07, 6.45) is 1.87. The summed E-state index contributed by atoms with van der Waals surface area (Å²) in [7, 11) is 0. The SMILES string of the molecule is CSc1nc(N=NN)nc(NC(C)C)n1. The van der Waals surface area contributed by atoms with Gasteiger partial charge in [-0.3, -0.25) is 0 Å². The van der Waals surface area contributed by atoms with Crippen LogP contribution in [0.4, 0.5) is 11.9 Å². The van der Waals surface area contributed by atoms with Crippen molar-refractivity contribution in [2.45, 2.75) is 25.0 Å². The zero-order chi connectivity index (χ0) is 11.3. The van der Waals surface area contributed by atoms with Crippen LogP contribution in [0.25, 0.3) is 0 Å². The van der Waals surface area contributed by atoms with Gasteiger partial charge >= 0.3 is 0 Å². The number of hydrogen-bond donors (Lipinski definition) is 2. The maximum atomic E-state index is 4.93. The molecule has 8 heteroatoms. The van der Waals surface area contributed by atoms with Gasteiger partial charge in [0.05, 0.1) is 0 Å². The van der Waals surface area contributed by atoms with Crippen LogP contribution >= 0.6 is 11.8 Å². The highest BCUT2D eigenvalue weighted by atomic mass is 32.2. The van der Waals surface area contributed by atoms with E-state index in [0.29, 0.717) is 11.1 Å². The summed E-state index contributed by atoms with van der Waals surface area (Å²) in [6.45, 7) is 3.99. The zero-order valence-corrected chi connectivity index (χ0v) is 9.62. The average Bonchev–Trinajstić information content (AvgIpc) is 2.16. The first-order valence-electron chi connectivity index (χ1n) is 4.33. The highest BCUT2D eigenvalue weighted by Crippen LogP contribution is 2.15. The van der Waals surface area contributed by atoms with Crippen LogP contribution in [0.1, 0.15) is 13.8 Å². The van der Waals surface area contributed by atoms with Gasteiger partial charge in [-0.05, 0) is 20.1 Å². The Morgan fingerprint density at radius 3 is 2.60 bits per heavy atom. The Morgan fingerprint density at radius 2 is 2.07 bits per heavy atom. The molecule has 0 aliphatic heterocycles. The standard InChI is InChI=1S/C7H13N7S/c1-4(2)9-5-10-6(13-14-8)12-7(11-5)15-3/h4H,1-3H3,(H3,8,9,10,11,12,13). The number of aromatic nitrogens is 3. The minimum Gasteiger partial charge on any atom is -0.352 e. The quantitative estimate of drug-likeness (QED) is 0.348. The molecule has 1 aromatic heterocycles. The first kappa shape index (κ1) is 11.6. The van der Waals surface area contributed by atoms with E-state index in [2.05, 4.69) is 30.6 Å². The zero-order valence-electron chi connectivity index (χ0n) is 8.80. The smallest absolute Gasteiger partial charge is 0.276 e. The molecule has 0 aliphatic rings. The van der Waals surface area contributed by atoms with E-state index in [1.165, 1.54) is 11.8 Å². The van der Waals surface area contributed by atoms with Crippen molar-refractivity contribution in [1.29, 1.82) is 0 Å². The topological polar surface area (TPSA) is 101 Å². The van der Waals surface area contributed by atoms with Crippen molar-refractivity contribution in [3.63, 3.8) is 0 Å². The molecule has 1 heterocycles. The fraction of sp³-hybridized carbons (Fsp3) is 0.571. The second kappa shape index (κ2) is 5.44. The van der Waals surface area contributed by atoms with Gasteiger partial charge in [-0.15, -0.1) is 0 Å². The van der Waals surface area contributed by atoms with Crippen LogP contribution in [0.15, 0.2) is 15.5 Å². The van der Waals surface area contributed by atoms with Gasteiger partial charge in [0, 0.05) is 6.04 Å². The molecular weight excluding hydrogens is 214 g/mol. The van der Waals surface area contributed by atoms with E-state index in [9.17, 15) is 0 Å². The second-order valence-electron chi connectivity index (χ2n) is 2.96. The van der Waals surface area contributed by atoms with Crippen molar-refractivity contribution in [1.82, 2.24) is 15.0 Å². The maximum Gasteiger partial charge on any atom is 0.276 e. The van der Waals surface area contributed by atoms with Crippen molar-refractivity contribution in [2.24, 2.45) is 16.2 Å². The molecule has 1 aromatic rings. The van der Waals surface area contributed by atoms with Crippen LogP contribution in [0, 0.1) is 0 Å². The van der Waals surface area contributed by atoms with Crippen LogP contribution in [0.3, 0.4) is 0 Å². The molecule has 7 nitrogen and oxygen atoms in total. The predicted octanol–water partition coefficient (Wildman–Crippen LogP) is 1.37. The van der Waals surface area contributed by atoms with Crippen LogP contribution < -0.4 is 11.2 Å². The van der Waals surface area contributed by atoms with E-state index in [1.54, 1.807) is 0 Å². The summed E-state index contributed by atoms with van der Waals surface area (Å²) in [4.78, 5) is 12.2. The molecule has 82 valence electrons. The highest BCUT2D eigenvalue weighted by Gasteiger charge is 2.05. The van der Waals surface area contributed by atoms with Crippen molar-refractivity contribution < 1.29 is 0 Å². The number of nitrogens with one attached hydrogen (secondary N) is 1. The molecule has 0 saturated heterocycles. The van der Waals surface area contributed by atoms with Gasteiger partial charge in [-0.1, -0.05) is 22.1 Å². The minimum absolute atomic E-state index is 0.208. The van der Waals surface area contributed by atoms with Gasteiger partial charge < -0.3 is 11.2 Å². The van der Waals surface area contributed by atoms with Gasteiger partial charge in [-0.25, -0.2) is 0 Å². The minimum atomic E-state index is 0.208. The number of rotatable bonds is 4. The van der Waals surface area contributed by atoms with Gasteiger partial charge in [0.15, 0.2) is 5.16 Å². The normalized spacial score (nSPS) is 11.2. The van der Waals surface area contributed by atoms with E-state index < -0.39 is 0 Å². The maximum absolute atomic E-state index is 4.93. The fourth-order valence-electron chi connectivity index (χ4n) is 0.856. The Morgan fingerprint density at radius 1 is 1.33 bits per heavy atom. The summed E-state index contributed by atoms with van der Waals surface area (Å²) in [5.41, 5.74) is 0. The molecule has 0 unspecified atom stereocenters. The van der Waals surface area contributed by atoms with E-state index in [-0.39, 0.29) is 12.0 Å². The van der Waals surface area contributed by atoms with Gasteiger partial charge in [0.25, 0.3) is 5.95 Å². The third-order valence-corrected chi connectivity index (χ3v) is 1.90. The van der Waals surface area contributed by atoms with Crippen LogP contribution in [-0.2, 0) is 0 Å². The number of nitrogens with two attached hydrogens (primary N) is 1. The molecule has 0 aliphatic carbocycles. The van der Waals surface area contributed by atoms with E-state index >= 15 is 0 Å². The van der Waals surface area contributed by atoms with Gasteiger partial charge in [-0.2, -0.15) is 15.0 Å². The van der Waals surface area contributed by atoms with Crippen LogP contribution in [0.5, 0.6) is 0 Å². The van der Waals surface area contributed by atoms with Crippen molar-refractivity contribution >= 4 is 23.7 Å². The summed E-state index contributed by atoms with van der Waals surface area (Å²) >= 11 is 1.41. The Kier molecular flexibility index (Phi) is 4.22. The Balaban J connectivity index is 3.00. The number of hydrogen-bond acceptors (Lipinski definition) is 7. The van der Waals surface area contributed by atoms with E-state index in [1.807, 2.05) is 20.1 Å². The first-order valence-corrected chi connectivity index (χ1v) is 5.55. The summed E-state index contributed by atoms with van der Waals surface area (Å²) < 4.78 is 0. The Bertz CT molecular complexity index is 351. The number of nitrogens with zero attached hydrogens (tertiary/aromatic N) is 5. The third kappa shape index (κ3) is 3.66. The molecule has 1 rings (SSSR count). The molecule has 0 spiro atoms. The van der Waals surface area contributed by atoms with E-state index in [0.717, 1.165) is 0 Å². The lowest BCUT2D eigenvalue weighted by molar-refractivity contribution is 0.827. The molecule has 0 atom stereocenters. The average molecular weight is 227 g/mol. The molecule has 15 heavy (non-hydrogen) atoms. The molecule has 0 amide bonds. The molecular formula is C7H13N7S. The van der Waals surface area contributed by atoms with Crippen LogP contribution in [0.2, 0.25) is 0 Å². The van der Waals surface area contributed by atoms with Crippen molar-refractivity contribution in [2.75, 3.05) is 11.6 Å². The molecule has 0 radical (unpaired) electrons. The van der Waals surface area contributed by atoms with Gasteiger partial charge in [0.1, 0.15) is 0 Å². The number of anilines is 1. The van der Waals surface area contributed by atoms with Crippen molar-refractivity contribution in [3.05, 3.63) is 0 Å². The summed E-state index contributed by atoms with van der Waals surface area (Å²) in [5.74, 6) is 5.62. The van der Waals surface area contributed by atoms with Crippen molar-refractivity contribution in [3.8, 4) is 0 Å². The highest BCUT2D eigenvalue weighted by molar-refractivity contribution is 7.98. The molecule has 3 N–H and O–H groups in total. The molecule has 0 saturated carbocycles. The Hall–Kier alpha value is -1.44. The lowest BCUT2D eigenvalue weighted by atomic mass is 10.4. The molecule has 0 aromatic carbocycles. The lowest BCUT2D eigenvalue weighted by Gasteiger charge is -2.08. The largest absolute Gasteiger partial charge is 0.352 e. The second-order valence-corrected chi connectivity index (χ2v) is 3.73. The third-order valence-electron chi connectivity index (χ3n) is 1.35. The van der Waals surface area contributed by atoms with Gasteiger partial charge in [0.2, 0.25) is 5.95 Å². The van der Waals surface area contributed by atoms with Crippen LogP contribution in [-0.4, -0.2) is 27.2 Å². The molecule has 0 bridgehead atoms. The monoisotopic (exact) mass is 227 g/mol.